The topological polar surface area (TPSA) is 104 Å². The van der Waals surface area contributed by atoms with Crippen molar-refractivity contribution < 1.29 is 23.8 Å². The van der Waals surface area contributed by atoms with Gasteiger partial charge in [0.1, 0.15) is 19.1 Å². The maximum Gasteiger partial charge on any atom is 0.329 e. The molecule has 1 aromatic rings. The van der Waals surface area contributed by atoms with Crippen molar-refractivity contribution in [3.63, 3.8) is 0 Å². The number of rotatable bonds is 8. The molecule has 8 nitrogen and oxygen atoms in total. The third kappa shape index (κ3) is 5.41. The maximum atomic E-state index is 14.2. The van der Waals surface area contributed by atoms with E-state index in [1.54, 1.807) is 6.20 Å². The molecule has 0 bridgehead atoms. The largest absolute Gasteiger partial charge is 0.480 e. The zero-order chi connectivity index (χ0) is 19.2. The minimum atomic E-state index is -1.04. The molecule has 3 heterocycles. The third-order valence-corrected chi connectivity index (χ3v) is 5.14. The number of aliphatic carboxylic acids is 1. The van der Waals surface area contributed by atoms with E-state index in [4.69, 9.17) is 9.84 Å². The normalized spacial score (nSPS) is 23.7. The Bertz CT molecular complexity index is 737. The lowest BCUT2D eigenvalue weighted by molar-refractivity contribution is -0.143. The molecule has 0 spiro atoms. The first-order valence-electron chi connectivity index (χ1n) is 8.59. The highest BCUT2D eigenvalue weighted by Crippen LogP contribution is 2.22. The molecule has 2 aliphatic heterocycles. The van der Waals surface area contributed by atoms with Gasteiger partial charge in [-0.1, -0.05) is 0 Å². The Morgan fingerprint density at radius 1 is 1.52 bits per heavy atom. The van der Waals surface area contributed by atoms with Crippen LogP contribution in [-0.2, 0) is 14.3 Å². The quantitative estimate of drug-likeness (QED) is 0.624. The van der Waals surface area contributed by atoms with Crippen LogP contribution in [0.15, 0.2) is 27.8 Å². The predicted octanol–water partition coefficient (Wildman–Crippen LogP) is 0.707. The van der Waals surface area contributed by atoms with Crippen LogP contribution in [0, 0.1) is 5.92 Å². The van der Waals surface area contributed by atoms with Crippen molar-refractivity contribution in [3.8, 4) is 0 Å². The molecule has 0 aromatic carbocycles. The second kappa shape index (κ2) is 9.16. The van der Waals surface area contributed by atoms with Crippen molar-refractivity contribution in [2.24, 2.45) is 10.9 Å². The Hall–Kier alpha value is -2.17. The van der Waals surface area contributed by atoms with E-state index in [2.05, 4.69) is 15.3 Å². The van der Waals surface area contributed by atoms with Crippen LogP contribution in [0.1, 0.15) is 11.4 Å². The zero-order valence-corrected chi connectivity index (χ0v) is 15.5. The van der Waals surface area contributed by atoms with Gasteiger partial charge in [0.25, 0.3) is 0 Å². The lowest BCUT2D eigenvalue weighted by atomic mass is 9.97. The minimum Gasteiger partial charge on any atom is -0.480 e. The maximum absolute atomic E-state index is 14.2. The number of piperidine rings is 1. The Morgan fingerprint density at radius 2 is 2.37 bits per heavy atom. The van der Waals surface area contributed by atoms with Crippen LogP contribution in [0.25, 0.3) is 0 Å². The van der Waals surface area contributed by atoms with E-state index >= 15 is 0 Å². The number of likely N-dealkylation sites (tertiary alicyclic amines) is 1. The van der Waals surface area contributed by atoms with Crippen molar-refractivity contribution in [1.82, 2.24) is 15.2 Å². The number of hydrogen-bond acceptors (Lipinski definition) is 8. The van der Waals surface area contributed by atoms with Crippen LogP contribution in [0.4, 0.5) is 4.39 Å². The van der Waals surface area contributed by atoms with E-state index in [1.807, 2.05) is 10.3 Å². The number of nitrogens with zero attached hydrogens (tertiary/aromatic N) is 3. The number of carboxylic acid groups (broad SMARTS) is 1. The molecule has 0 aliphatic carbocycles. The highest BCUT2D eigenvalue weighted by molar-refractivity contribution is 7.11. The van der Waals surface area contributed by atoms with Crippen LogP contribution in [0.5, 0.6) is 0 Å². The van der Waals surface area contributed by atoms with Crippen LogP contribution in [0.2, 0.25) is 0 Å². The molecule has 0 amide bonds. The molecule has 27 heavy (non-hydrogen) atoms. The van der Waals surface area contributed by atoms with Gasteiger partial charge in [0.2, 0.25) is 0 Å². The number of carboxylic acids is 1. The summed E-state index contributed by atoms with van der Waals surface area (Å²) in [5, 5.41) is 14.4. The van der Waals surface area contributed by atoms with Gasteiger partial charge in [0.15, 0.2) is 10.8 Å². The van der Waals surface area contributed by atoms with E-state index in [1.165, 1.54) is 11.3 Å². The van der Waals surface area contributed by atoms with Gasteiger partial charge >= 0.3 is 5.97 Å². The fourth-order valence-corrected chi connectivity index (χ4v) is 3.85. The fraction of sp³-hybridized carbons (Fsp3) is 0.529. The number of thiazole rings is 1. The summed E-state index contributed by atoms with van der Waals surface area (Å²) in [7, 11) is 0. The number of amidine groups is 1. The van der Waals surface area contributed by atoms with Crippen LogP contribution in [0.3, 0.4) is 0 Å². The van der Waals surface area contributed by atoms with E-state index in [-0.39, 0.29) is 32.2 Å². The van der Waals surface area contributed by atoms with E-state index in [0.717, 1.165) is 11.3 Å². The first kappa shape index (κ1) is 19.6. The van der Waals surface area contributed by atoms with Crippen molar-refractivity contribution in [2.75, 3.05) is 39.4 Å². The number of nitrogens with one attached hydrogen (secondary N) is 1. The van der Waals surface area contributed by atoms with Gasteiger partial charge in [-0.15, -0.1) is 11.3 Å². The number of alkyl halides is 1. The number of carbonyl (C=O) groups excluding carboxylic acids is 1. The Kier molecular flexibility index (Phi) is 6.64. The molecule has 2 atom stereocenters. The van der Waals surface area contributed by atoms with Crippen molar-refractivity contribution in [3.05, 3.63) is 27.9 Å². The lowest BCUT2D eigenvalue weighted by Gasteiger charge is -2.35. The highest BCUT2D eigenvalue weighted by atomic mass is 32.1. The molecular weight excluding hydrogens is 375 g/mol. The number of ether oxygens (including phenoxy) is 1. The average Bonchev–Trinajstić information content (AvgIpc) is 3.15. The molecule has 0 radical (unpaired) electrons. The number of aliphatic imine (C=N–C) groups is 1. The number of aromatic nitrogens is 1. The SMILES string of the molecule is O=CC1=C(CN2CC(F)CC(COCC(=O)O)C2)NC(c2nccs2)=NC1. The zero-order valence-electron chi connectivity index (χ0n) is 14.6. The second-order valence-electron chi connectivity index (χ2n) is 6.55. The standard InChI is InChI=1S/C17H21FN4O4S/c18-13-3-11(9-26-10-15(24)25)5-22(6-13)7-14-12(8-23)4-20-16(21-14)17-19-1-2-27-17/h1-2,8,11,13H,3-7,9-10H2,(H,20,21)(H,24,25). The van der Waals surface area contributed by atoms with Crippen LogP contribution in [-0.4, -0.2) is 78.6 Å². The summed E-state index contributed by atoms with van der Waals surface area (Å²) in [4.78, 5) is 32.4. The molecule has 3 rings (SSSR count). The summed E-state index contributed by atoms with van der Waals surface area (Å²) in [6.07, 6.45) is 1.78. The first-order valence-corrected chi connectivity index (χ1v) is 9.47. The lowest BCUT2D eigenvalue weighted by Crippen LogP contribution is -2.46. The molecule has 1 saturated heterocycles. The molecule has 1 fully saturated rings. The summed E-state index contributed by atoms with van der Waals surface area (Å²) in [6.45, 7) is 1.29. The van der Waals surface area contributed by atoms with Gasteiger partial charge in [0, 0.05) is 42.5 Å². The van der Waals surface area contributed by atoms with Gasteiger partial charge in [0.05, 0.1) is 13.2 Å². The number of aldehydes is 1. The van der Waals surface area contributed by atoms with Gasteiger partial charge in [-0.3, -0.25) is 14.7 Å². The minimum absolute atomic E-state index is 0.0935. The van der Waals surface area contributed by atoms with Crippen molar-refractivity contribution >= 4 is 29.4 Å². The summed E-state index contributed by atoms with van der Waals surface area (Å²) >= 11 is 1.45. The smallest absolute Gasteiger partial charge is 0.329 e. The van der Waals surface area contributed by atoms with Crippen LogP contribution < -0.4 is 5.32 Å². The van der Waals surface area contributed by atoms with E-state index in [9.17, 15) is 14.0 Å². The van der Waals surface area contributed by atoms with E-state index in [0.29, 0.717) is 36.6 Å². The Labute approximate surface area is 159 Å². The molecule has 2 unspecified atom stereocenters. The van der Waals surface area contributed by atoms with Crippen molar-refractivity contribution in [1.29, 1.82) is 0 Å². The van der Waals surface area contributed by atoms with Gasteiger partial charge in [-0.05, 0) is 12.3 Å². The molecule has 1 aromatic heterocycles. The molecule has 2 N–H and O–H groups in total. The summed E-state index contributed by atoms with van der Waals surface area (Å²) in [5.74, 6) is -0.523. The third-order valence-electron chi connectivity index (χ3n) is 4.36. The molecular formula is C17H21FN4O4S. The number of carbonyl (C=O) groups is 2. The van der Waals surface area contributed by atoms with Gasteiger partial charge in [-0.2, -0.15) is 0 Å². The van der Waals surface area contributed by atoms with Crippen molar-refractivity contribution in [2.45, 2.75) is 12.6 Å². The molecule has 2 aliphatic rings. The number of hydrogen-bond donors (Lipinski definition) is 2. The van der Waals surface area contributed by atoms with E-state index < -0.39 is 12.1 Å². The Balaban J connectivity index is 1.62. The van der Waals surface area contributed by atoms with Gasteiger partial charge in [-0.25, -0.2) is 14.2 Å². The fourth-order valence-electron chi connectivity index (χ4n) is 3.25. The molecule has 0 saturated carbocycles. The van der Waals surface area contributed by atoms with Crippen LogP contribution >= 0.6 is 11.3 Å². The Morgan fingerprint density at radius 3 is 3.07 bits per heavy atom. The predicted molar refractivity (Wildman–Crippen MR) is 97.6 cm³/mol. The second-order valence-corrected chi connectivity index (χ2v) is 7.45. The number of halogens is 1. The monoisotopic (exact) mass is 396 g/mol. The molecule has 146 valence electrons. The molecule has 10 heteroatoms. The summed E-state index contributed by atoms with van der Waals surface area (Å²) in [6, 6.07) is 0. The first-order chi connectivity index (χ1) is 13.0. The average molecular weight is 396 g/mol. The summed E-state index contributed by atoms with van der Waals surface area (Å²) < 4.78 is 19.3. The van der Waals surface area contributed by atoms with Gasteiger partial charge < -0.3 is 15.2 Å². The summed E-state index contributed by atoms with van der Waals surface area (Å²) in [5.41, 5.74) is 1.24. The highest BCUT2D eigenvalue weighted by Gasteiger charge is 2.29.